The van der Waals surface area contributed by atoms with Crippen LogP contribution in [0.2, 0.25) is 0 Å². The highest BCUT2D eigenvalue weighted by Gasteiger charge is 2.06. The second kappa shape index (κ2) is 11.1. The van der Waals surface area contributed by atoms with Crippen molar-refractivity contribution in [1.29, 1.82) is 0 Å². The third-order valence-electron chi connectivity index (χ3n) is 3.65. The molecule has 0 aliphatic heterocycles. The van der Waals surface area contributed by atoms with Crippen molar-refractivity contribution in [3.05, 3.63) is 29.3 Å². The quantitative estimate of drug-likeness (QED) is 0.475. The van der Waals surface area contributed by atoms with Gasteiger partial charge in [0, 0.05) is 18.7 Å². The van der Waals surface area contributed by atoms with Gasteiger partial charge < -0.3 is 10.1 Å². The Labute approximate surface area is 156 Å². The first-order valence-electron chi connectivity index (χ1n) is 8.44. The second-order valence-corrected chi connectivity index (χ2v) is 7.76. The Morgan fingerprint density at radius 3 is 2.80 bits per heavy atom. The fraction of sp³-hybridized carbons (Fsp3) is 0.500. The molecule has 0 bridgehead atoms. The summed E-state index contributed by atoms with van der Waals surface area (Å²) in [7, 11) is 1.41. The van der Waals surface area contributed by atoms with Gasteiger partial charge in [0.2, 0.25) is 5.91 Å². The molecule has 136 valence electrons. The van der Waals surface area contributed by atoms with Gasteiger partial charge in [-0.05, 0) is 25.0 Å². The largest absolute Gasteiger partial charge is 0.469 e. The predicted octanol–water partition coefficient (Wildman–Crippen LogP) is 3.77. The zero-order valence-corrected chi connectivity index (χ0v) is 16.1. The van der Waals surface area contributed by atoms with Gasteiger partial charge in [-0.15, -0.1) is 23.1 Å². The summed E-state index contributed by atoms with van der Waals surface area (Å²) in [6, 6.07) is 8.08. The van der Waals surface area contributed by atoms with Crippen LogP contribution in [0.1, 0.15) is 37.1 Å². The first-order chi connectivity index (χ1) is 12.2. The van der Waals surface area contributed by atoms with Gasteiger partial charge in [0.15, 0.2) is 0 Å². The van der Waals surface area contributed by atoms with Crippen molar-refractivity contribution in [2.45, 2.75) is 37.9 Å². The molecule has 5 nitrogen and oxygen atoms in total. The van der Waals surface area contributed by atoms with E-state index in [0.717, 1.165) is 42.0 Å². The van der Waals surface area contributed by atoms with Crippen LogP contribution in [0.5, 0.6) is 0 Å². The van der Waals surface area contributed by atoms with E-state index in [0.29, 0.717) is 18.7 Å². The molecule has 2 rings (SSSR count). The third-order valence-corrected chi connectivity index (χ3v) is 5.82. The Bertz CT molecular complexity index is 655. The van der Waals surface area contributed by atoms with Gasteiger partial charge in [-0.25, -0.2) is 4.98 Å². The number of methoxy groups -OCH3 is 1. The molecule has 25 heavy (non-hydrogen) atoms. The van der Waals surface area contributed by atoms with Gasteiger partial charge in [0.25, 0.3) is 0 Å². The fourth-order valence-corrected chi connectivity index (χ4v) is 4.22. The van der Waals surface area contributed by atoms with E-state index in [1.54, 1.807) is 23.1 Å². The highest BCUT2D eigenvalue weighted by Crippen LogP contribution is 2.24. The Balaban J connectivity index is 1.50. The van der Waals surface area contributed by atoms with Gasteiger partial charge in [0.1, 0.15) is 5.01 Å². The number of carbonyl (C=O) groups excluding carboxylic acids is 2. The second-order valence-electron chi connectivity index (χ2n) is 5.66. The normalized spacial score (nSPS) is 10.8. The van der Waals surface area contributed by atoms with Crippen molar-refractivity contribution in [2.75, 3.05) is 19.4 Å². The number of thioether (sulfide) groups is 1. The molecule has 2 aromatic rings. The summed E-state index contributed by atoms with van der Waals surface area (Å²) in [6.45, 7) is 0.693. The number of fused-ring (bicyclic) bond motifs is 1. The minimum atomic E-state index is -0.154. The number of ether oxygens (including phenoxy) is 1. The molecule has 0 radical (unpaired) electrons. The summed E-state index contributed by atoms with van der Waals surface area (Å²) < 4.78 is 5.78. The summed E-state index contributed by atoms with van der Waals surface area (Å²) in [4.78, 5) is 27.3. The van der Waals surface area contributed by atoms with Crippen molar-refractivity contribution in [1.82, 2.24) is 10.3 Å². The molecular weight excluding hydrogens is 356 g/mol. The minimum Gasteiger partial charge on any atom is -0.469 e. The zero-order valence-electron chi connectivity index (χ0n) is 14.5. The van der Waals surface area contributed by atoms with E-state index in [9.17, 15) is 9.59 Å². The van der Waals surface area contributed by atoms with Gasteiger partial charge >= 0.3 is 5.97 Å². The molecule has 0 aliphatic rings. The minimum absolute atomic E-state index is 0.0701. The molecule has 0 aliphatic carbocycles. The number of esters is 1. The summed E-state index contributed by atoms with van der Waals surface area (Å²) >= 11 is 3.28. The van der Waals surface area contributed by atoms with Crippen molar-refractivity contribution < 1.29 is 14.3 Å². The average Bonchev–Trinajstić information content (AvgIpc) is 3.03. The van der Waals surface area contributed by atoms with E-state index in [1.807, 2.05) is 18.2 Å². The monoisotopic (exact) mass is 380 g/mol. The van der Waals surface area contributed by atoms with E-state index in [2.05, 4.69) is 21.1 Å². The number of nitrogens with zero attached hydrogens (tertiary/aromatic N) is 1. The number of nitrogens with one attached hydrogen (secondary N) is 1. The zero-order chi connectivity index (χ0) is 17.9. The van der Waals surface area contributed by atoms with E-state index in [4.69, 9.17) is 0 Å². The Morgan fingerprint density at radius 1 is 1.20 bits per heavy atom. The molecule has 7 heteroatoms. The van der Waals surface area contributed by atoms with E-state index >= 15 is 0 Å². The van der Waals surface area contributed by atoms with Crippen molar-refractivity contribution in [3.8, 4) is 0 Å². The van der Waals surface area contributed by atoms with Crippen LogP contribution in [0.25, 0.3) is 10.2 Å². The summed E-state index contributed by atoms with van der Waals surface area (Å²) in [5.41, 5.74) is 1.03. The number of unbranched alkanes of at least 4 members (excludes halogenated alkanes) is 3. The maximum Gasteiger partial charge on any atom is 0.305 e. The molecule has 0 saturated heterocycles. The molecule has 1 N–H and O–H groups in total. The Morgan fingerprint density at radius 2 is 2.00 bits per heavy atom. The molecule has 0 unspecified atom stereocenters. The number of rotatable bonds is 11. The van der Waals surface area contributed by atoms with Crippen LogP contribution in [0.15, 0.2) is 24.3 Å². The summed E-state index contributed by atoms with van der Waals surface area (Å²) in [5.74, 6) is 1.14. The average molecular weight is 381 g/mol. The van der Waals surface area contributed by atoms with E-state index in [1.165, 1.54) is 11.8 Å². The van der Waals surface area contributed by atoms with Crippen LogP contribution in [0, 0.1) is 0 Å². The number of carbonyl (C=O) groups is 2. The number of amides is 1. The van der Waals surface area contributed by atoms with Gasteiger partial charge in [0.05, 0.1) is 23.1 Å². The van der Waals surface area contributed by atoms with E-state index in [-0.39, 0.29) is 11.9 Å². The molecule has 0 fully saturated rings. The summed E-state index contributed by atoms with van der Waals surface area (Å²) in [5, 5.41) is 4.00. The lowest BCUT2D eigenvalue weighted by molar-refractivity contribution is -0.140. The third kappa shape index (κ3) is 7.44. The van der Waals surface area contributed by atoms with Crippen LogP contribution in [-0.4, -0.2) is 36.3 Å². The maximum atomic E-state index is 11.8. The number of para-hydroxylation sites is 1. The van der Waals surface area contributed by atoms with Gasteiger partial charge in [-0.2, -0.15) is 0 Å². The molecule has 0 saturated carbocycles. The molecule has 0 spiro atoms. The lowest BCUT2D eigenvalue weighted by Crippen LogP contribution is -2.26. The lowest BCUT2D eigenvalue weighted by Gasteiger charge is -2.04. The van der Waals surface area contributed by atoms with Crippen LogP contribution >= 0.6 is 23.1 Å². The lowest BCUT2D eigenvalue weighted by atomic mass is 10.1. The van der Waals surface area contributed by atoms with Crippen LogP contribution < -0.4 is 5.32 Å². The number of hydrogen-bond acceptors (Lipinski definition) is 6. The number of aromatic nitrogens is 1. The summed E-state index contributed by atoms with van der Waals surface area (Å²) in [6.07, 6.45) is 4.26. The Kier molecular flexibility index (Phi) is 8.76. The number of thiazole rings is 1. The molecule has 0 atom stereocenters. The van der Waals surface area contributed by atoms with Crippen LogP contribution in [-0.2, 0) is 20.1 Å². The molecule has 1 amide bonds. The molecular formula is C18H24N2O3S2. The van der Waals surface area contributed by atoms with Gasteiger partial charge in [-0.3, -0.25) is 9.59 Å². The highest BCUT2D eigenvalue weighted by molar-refractivity contribution is 7.99. The SMILES string of the molecule is COC(=O)CCCCCCNC(=O)CSCc1nc2ccccc2s1. The fourth-order valence-electron chi connectivity index (χ4n) is 2.34. The number of benzene rings is 1. The van der Waals surface area contributed by atoms with Crippen molar-refractivity contribution >= 4 is 45.2 Å². The topological polar surface area (TPSA) is 68.3 Å². The first-order valence-corrected chi connectivity index (χ1v) is 10.4. The van der Waals surface area contributed by atoms with Crippen LogP contribution in [0.3, 0.4) is 0 Å². The Hall–Kier alpha value is -1.60. The highest BCUT2D eigenvalue weighted by atomic mass is 32.2. The number of hydrogen-bond donors (Lipinski definition) is 1. The first kappa shape index (κ1) is 19.7. The van der Waals surface area contributed by atoms with Crippen LogP contribution in [0.4, 0.5) is 0 Å². The van der Waals surface area contributed by atoms with Crippen molar-refractivity contribution in [2.24, 2.45) is 0 Å². The predicted molar refractivity (Wildman–Crippen MR) is 104 cm³/mol. The smallest absolute Gasteiger partial charge is 0.305 e. The molecule has 1 heterocycles. The molecule has 1 aromatic carbocycles. The van der Waals surface area contributed by atoms with Crippen molar-refractivity contribution in [3.63, 3.8) is 0 Å². The van der Waals surface area contributed by atoms with E-state index < -0.39 is 0 Å². The molecule has 1 aromatic heterocycles. The standard InChI is InChI=1S/C18H24N2O3S2/c1-23-18(22)10-4-2-3-7-11-19-16(21)12-24-13-17-20-14-8-5-6-9-15(14)25-17/h5-6,8-9H,2-4,7,10-13H2,1H3,(H,19,21). The van der Waals surface area contributed by atoms with Gasteiger partial charge in [-0.1, -0.05) is 25.0 Å². The maximum absolute atomic E-state index is 11.8.